The Kier molecular flexibility index (Phi) is 19.2. The molecule has 0 radical (unpaired) electrons. The Balaban J connectivity index is 1.19. The van der Waals surface area contributed by atoms with Gasteiger partial charge in [-0.05, 0) is 30.7 Å². The summed E-state index contributed by atoms with van der Waals surface area (Å²) in [6, 6.07) is 8.25. The summed E-state index contributed by atoms with van der Waals surface area (Å²) in [5, 5.41) is 36.0. The van der Waals surface area contributed by atoms with Crippen LogP contribution >= 0.6 is 7.82 Å². The molecule has 5 N–H and O–H groups in total. The Hall–Kier alpha value is -3.39. The van der Waals surface area contributed by atoms with Gasteiger partial charge in [0.2, 0.25) is 5.60 Å². The maximum atomic E-state index is 13.0. The Morgan fingerprint density at radius 1 is 0.946 bits per heavy atom. The molecular weight excluding hydrogens is 743 g/mol. The van der Waals surface area contributed by atoms with Crippen molar-refractivity contribution >= 4 is 19.2 Å². The van der Waals surface area contributed by atoms with E-state index in [1.807, 2.05) is 6.07 Å². The monoisotopic (exact) mass is 804 g/mol. The number of fused-ring (bicyclic) bond motifs is 1. The Morgan fingerprint density at radius 2 is 1.59 bits per heavy atom. The maximum absolute atomic E-state index is 13.0. The van der Waals surface area contributed by atoms with E-state index in [1.54, 1.807) is 12.1 Å². The fraction of sp³-hybridized carbons (Fsp3) is 0.692. The summed E-state index contributed by atoms with van der Waals surface area (Å²) in [5.74, 6) is 0.633. The fourth-order valence-electron chi connectivity index (χ4n) is 6.79. The smallest absolute Gasteiger partial charge is 0.472 e. The largest absolute Gasteiger partial charge is 0.491 e. The SMILES string of the molecule is CCCCCCCCCCCCCCCCCCOC[C@H](COP(=O)(O)OC[C@H]1O[C@@](C#N)(c2ccc3c(N)ncnn23)[C@H](O)[C@@H]1O)Oc1ncccc1OC. The van der Waals surface area contributed by atoms with Gasteiger partial charge < -0.3 is 39.8 Å². The van der Waals surface area contributed by atoms with E-state index in [0.29, 0.717) is 17.9 Å². The number of aliphatic hydroxyl groups is 2. The third-order valence-electron chi connectivity index (χ3n) is 9.99. The molecule has 1 fully saturated rings. The maximum Gasteiger partial charge on any atom is 0.472 e. The van der Waals surface area contributed by atoms with Crippen LogP contribution < -0.4 is 15.2 Å². The lowest BCUT2D eigenvalue weighted by Crippen LogP contribution is -2.41. The molecule has 4 rings (SSSR count). The molecule has 6 atom stereocenters. The van der Waals surface area contributed by atoms with Crippen molar-refractivity contribution in [3.05, 3.63) is 42.5 Å². The topological polar surface area (TPSA) is 226 Å². The third kappa shape index (κ3) is 13.3. The lowest BCUT2D eigenvalue weighted by molar-refractivity contribution is -0.0652. The first-order valence-corrected chi connectivity index (χ1v) is 21.5. The number of ether oxygens (including phenoxy) is 4. The molecule has 0 amide bonds. The number of aromatic nitrogens is 4. The molecule has 0 spiro atoms. The Labute approximate surface area is 330 Å². The molecule has 0 bridgehead atoms. The van der Waals surface area contributed by atoms with Crippen molar-refractivity contribution in [2.75, 3.05) is 39.3 Å². The molecule has 1 saturated heterocycles. The second-order valence-corrected chi connectivity index (χ2v) is 15.7. The van der Waals surface area contributed by atoms with E-state index >= 15 is 0 Å². The van der Waals surface area contributed by atoms with Crippen molar-refractivity contribution in [1.82, 2.24) is 19.6 Å². The molecule has 0 aliphatic carbocycles. The van der Waals surface area contributed by atoms with Gasteiger partial charge in [-0.3, -0.25) is 9.05 Å². The molecule has 56 heavy (non-hydrogen) atoms. The summed E-state index contributed by atoms with van der Waals surface area (Å²) < 4.78 is 47.8. The minimum absolute atomic E-state index is 0.0269. The van der Waals surface area contributed by atoms with Gasteiger partial charge in [-0.15, -0.1) is 0 Å². The highest BCUT2D eigenvalue weighted by Gasteiger charge is 2.58. The number of methoxy groups -OCH3 is 1. The number of nitrogens with zero attached hydrogens (tertiary/aromatic N) is 5. The van der Waals surface area contributed by atoms with E-state index in [9.17, 15) is 24.9 Å². The van der Waals surface area contributed by atoms with E-state index in [2.05, 4.69) is 22.0 Å². The van der Waals surface area contributed by atoms with Crippen LogP contribution in [0.1, 0.15) is 115 Å². The van der Waals surface area contributed by atoms with E-state index in [-0.39, 0.29) is 24.0 Å². The summed E-state index contributed by atoms with van der Waals surface area (Å²) in [4.78, 5) is 18.7. The van der Waals surface area contributed by atoms with Crippen LogP contribution in [0.2, 0.25) is 0 Å². The molecule has 0 saturated carbocycles. The number of phosphoric acid groups is 1. The molecular formula is C39H61N6O10P. The number of hydrogen-bond acceptors (Lipinski definition) is 14. The van der Waals surface area contributed by atoms with Crippen LogP contribution in [0.3, 0.4) is 0 Å². The highest BCUT2D eigenvalue weighted by atomic mass is 31.2. The van der Waals surface area contributed by atoms with Crippen molar-refractivity contribution in [3.63, 3.8) is 0 Å². The molecule has 312 valence electrons. The van der Waals surface area contributed by atoms with Gasteiger partial charge in [-0.25, -0.2) is 19.0 Å². The summed E-state index contributed by atoms with van der Waals surface area (Å²) in [7, 11) is -3.32. The number of hydrogen-bond donors (Lipinski definition) is 4. The molecule has 3 aromatic rings. The minimum Gasteiger partial charge on any atom is -0.491 e. The van der Waals surface area contributed by atoms with Crippen molar-refractivity contribution in [3.8, 4) is 17.7 Å². The zero-order valence-corrected chi connectivity index (χ0v) is 33.8. The van der Waals surface area contributed by atoms with Gasteiger partial charge in [-0.1, -0.05) is 103 Å². The molecule has 17 heteroatoms. The number of nitriles is 1. The van der Waals surface area contributed by atoms with Crippen LogP contribution in [0.4, 0.5) is 5.82 Å². The first-order chi connectivity index (χ1) is 27.2. The number of aliphatic hydroxyl groups excluding tert-OH is 2. The summed E-state index contributed by atoms with van der Waals surface area (Å²) in [5.41, 5.74) is 4.23. The van der Waals surface area contributed by atoms with Crippen LogP contribution in [-0.4, -0.2) is 92.6 Å². The molecule has 1 aliphatic heterocycles. The number of unbranched alkanes of at least 4 members (excludes halogenated alkanes) is 15. The van der Waals surface area contributed by atoms with Crippen LogP contribution in [0.15, 0.2) is 36.8 Å². The number of nitrogens with two attached hydrogens (primary N) is 1. The zero-order valence-electron chi connectivity index (χ0n) is 32.9. The van der Waals surface area contributed by atoms with Crippen molar-refractivity contribution in [1.29, 1.82) is 5.26 Å². The van der Waals surface area contributed by atoms with Gasteiger partial charge in [0.15, 0.2) is 11.6 Å². The van der Waals surface area contributed by atoms with Crippen molar-refractivity contribution in [2.24, 2.45) is 0 Å². The zero-order chi connectivity index (χ0) is 40.2. The second-order valence-electron chi connectivity index (χ2n) is 14.3. The van der Waals surface area contributed by atoms with Gasteiger partial charge >= 0.3 is 7.82 Å². The summed E-state index contributed by atoms with van der Waals surface area (Å²) >= 11 is 0. The quantitative estimate of drug-likeness (QED) is 0.0439. The van der Waals surface area contributed by atoms with E-state index < -0.39 is 51.1 Å². The predicted molar refractivity (Wildman–Crippen MR) is 209 cm³/mol. The number of rotatable bonds is 29. The minimum atomic E-state index is -4.79. The third-order valence-corrected chi connectivity index (χ3v) is 10.9. The predicted octanol–water partition coefficient (Wildman–Crippen LogP) is 6.41. The van der Waals surface area contributed by atoms with Crippen molar-refractivity contribution in [2.45, 2.75) is 140 Å². The van der Waals surface area contributed by atoms with Gasteiger partial charge in [-0.2, -0.15) is 10.4 Å². The van der Waals surface area contributed by atoms with Crippen LogP contribution in [0.5, 0.6) is 11.6 Å². The standard InChI is InChI=1S/C39H61N6O10P/c1-3-4-5-6-7-8-9-10-11-12-13-14-15-16-17-18-24-51-25-30(54-38-32(50-2)20-19-23-42-38)26-52-56(48,49)53-27-33-35(46)36(47)39(28-40,55-33)34-22-21-31-37(41)43-29-44-45(31)34/h19-23,29-30,33,35-36,46-47H,3-18,24-27H2,1-2H3,(H,48,49)(H2,41,43,44)/t30-,33-,35-,36-,39+/m1/s1. The first kappa shape index (κ1) is 45.3. The Bertz CT molecular complexity index is 1680. The number of nitrogen functional groups attached to an aromatic ring is 1. The van der Waals surface area contributed by atoms with E-state index in [4.69, 9.17) is 33.7 Å². The normalized spacial score (nSPS) is 21.2. The average molecular weight is 805 g/mol. The van der Waals surface area contributed by atoms with E-state index in [1.165, 1.54) is 120 Å². The molecule has 3 aromatic heterocycles. The molecule has 0 aromatic carbocycles. The second kappa shape index (κ2) is 23.7. The molecule has 4 heterocycles. The van der Waals surface area contributed by atoms with Crippen LogP contribution in [-0.2, 0) is 28.7 Å². The van der Waals surface area contributed by atoms with Crippen molar-refractivity contribution < 1.29 is 47.7 Å². The summed E-state index contributed by atoms with van der Waals surface area (Å²) in [6.07, 6.45) is 17.3. The molecule has 1 aliphatic rings. The highest BCUT2D eigenvalue weighted by Crippen LogP contribution is 2.46. The average Bonchev–Trinajstić information content (AvgIpc) is 3.75. The van der Waals surface area contributed by atoms with Gasteiger partial charge in [0.1, 0.15) is 42.3 Å². The van der Waals surface area contributed by atoms with Gasteiger partial charge in [0.25, 0.3) is 5.88 Å². The first-order valence-electron chi connectivity index (χ1n) is 20.0. The fourth-order valence-corrected chi connectivity index (χ4v) is 7.56. The van der Waals surface area contributed by atoms with Gasteiger partial charge in [0.05, 0.1) is 32.6 Å². The van der Waals surface area contributed by atoms with Crippen LogP contribution in [0.25, 0.3) is 5.52 Å². The van der Waals surface area contributed by atoms with E-state index in [0.717, 1.165) is 19.3 Å². The molecule has 16 nitrogen and oxygen atoms in total. The van der Waals surface area contributed by atoms with Gasteiger partial charge in [0, 0.05) is 12.8 Å². The highest BCUT2D eigenvalue weighted by molar-refractivity contribution is 7.47. The number of pyridine rings is 1. The number of anilines is 1. The summed E-state index contributed by atoms with van der Waals surface area (Å²) in [6.45, 7) is 1.63. The lowest BCUT2D eigenvalue weighted by Gasteiger charge is -2.24. The van der Waals surface area contributed by atoms with Crippen LogP contribution in [0, 0.1) is 11.3 Å². The number of phosphoric ester groups is 1. The lowest BCUT2D eigenvalue weighted by atomic mass is 9.92. The Morgan fingerprint density at radius 3 is 2.21 bits per heavy atom. The molecule has 1 unspecified atom stereocenters.